The number of likely N-dealkylation sites (N-methyl/N-ethyl adjacent to an activating group) is 1. The summed E-state index contributed by atoms with van der Waals surface area (Å²) in [7, 11) is 1.99. The lowest BCUT2D eigenvalue weighted by Gasteiger charge is -2.16. The van der Waals surface area contributed by atoms with Crippen molar-refractivity contribution in [1.29, 1.82) is 0 Å². The van der Waals surface area contributed by atoms with Gasteiger partial charge in [-0.05, 0) is 36.2 Å². The third-order valence-electron chi connectivity index (χ3n) is 3.34. The van der Waals surface area contributed by atoms with Crippen LogP contribution >= 0.6 is 0 Å². The Hall–Kier alpha value is -1.54. The average molecular weight is 243 g/mol. The minimum absolute atomic E-state index is 0.303. The van der Waals surface area contributed by atoms with E-state index in [-0.39, 0.29) is 0 Å². The lowest BCUT2D eigenvalue weighted by atomic mass is 9.97. The Balaban J connectivity index is 2.12. The number of hydrogen-bond donors (Lipinski definition) is 1. The molecule has 1 N–H and O–H groups in total. The molecule has 0 aliphatic carbocycles. The summed E-state index contributed by atoms with van der Waals surface area (Å²) < 4.78 is 5.41. The van der Waals surface area contributed by atoms with Crippen LogP contribution in [0, 0.1) is 0 Å². The molecule has 1 unspecified atom stereocenters. The van der Waals surface area contributed by atoms with Crippen molar-refractivity contribution in [3.05, 3.63) is 59.5 Å². The Morgan fingerprint density at radius 2 is 1.72 bits per heavy atom. The maximum Gasteiger partial charge on any atom is 0.105 e. The number of nitrogens with one attached hydrogen (secondary N) is 1. The number of hydrogen-bond acceptors (Lipinski definition) is 2. The van der Waals surface area contributed by atoms with E-state index in [0.29, 0.717) is 12.0 Å². The molecule has 1 aromatic heterocycles. The van der Waals surface area contributed by atoms with Crippen LogP contribution in [-0.2, 0) is 6.42 Å². The molecule has 0 spiro atoms. The van der Waals surface area contributed by atoms with E-state index in [9.17, 15) is 0 Å². The van der Waals surface area contributed by atoms with E-state index in [1.165, 1.54) is 11.1 Å². The van der Waals surface area contributed by atoms with Crippen molar-refractivity contribution in [3.63, 3.8) is 0 Å². The maximum atomic E-state index is 5.41. The van der Waals surface area contributed by atoms with Gasteiger partial charge in [0.2, 0.25) is 0 Å². The quantitative estimate of drug-likeness (QED) is 0.861. The second-order valence-corrected chi connectivity index (χ2v) is 4.95. The van der Waals surface area contributed by atoms with E-state index in [1.54, 1.807) is 6.26 Å². The molecule has 96 valence electrons. The van der Waals surface area contributed by atoms with Gasteiger partial charge in [0.1, 0.15) is 5.76 Å². The molecule has 0 aliphatic heterocycles. The molecule has 0 amide bonds. The van der Waals surface area contributed by atoms with Crippen LogP contribution in [0.5, 0.6) is 0 Å². The van der Waals surface area contributed by atoms with Gasteiger partial charge in [-0.15, -0.1) is 0 Å². The summed E-state index contributed by atoms with van der Waals surface area (Å²) in [6.07, 6.45) is 2.61. The van der Waals surface area contributed by atoms with Crippen molar-refractivity contribution >= 4 is 0 Å². The monoisotopic (exact) mass is 243 g/mol. The summed E-state index contributed by atoms with van der Waals surface area (Å²) >= 11 is 0. The van der Waals surface area contributed by atoms with Crippen LogP contribution in [0.3, 0.4) is 0 Å². The van der Waals surface area contributed by atoms with Gasteiger partial charge in [0, 0.05) is 12.5 Å². The molecule has 2 aromatic rings. The van der Waals surface area contributed by atoms with Gasteiger partial charge in [0.05, 0.1) is 6.26 Å². The van der Waals surface area contributed by atoms with E-state index in [1.807, 2.05) is 19.2 Å². The summed E-state index contributed by atoms with van der Waals surface area (Å²) in [6.45, 7) is 4.43. The first-order valence-electron chi connectivity index (χ1n) is 6.50. The van der Waals surface area contributed by atoms with Gasteiger partial charge < -0.3 is 9.73 Å². The lowest BCUT2D eigenvalue weighted by Crippen LogP contribution is -2.18. The summed E-state index contributed by atoms with van der Waals surface area (Å²) in [5, 5.41) is 3.35. The fourth-order valence-corrected chi connectivity index (χ4v) is 2.13. The molecule has 1 atom stereocenters. The highest BCUT2D eigenvalue weighted by Crippen LogP contribution is 2.21. The Bertz CT molecular complexity index is 456. The second kappa shape index (κ2) is 5.87. The zero-order valence-corrected chi connectivity index (χ0v) is 11.3. The molecule has 0 saturated heterocycles. The van der Waals surface area contributed by atoms with Crippen molar-refractivity contribution in [3.8, 4) is 0 Å². The van der Waals surface area contributed by atoms with Gasteiger partial charge in [-0.2, -0.15) is 0 Å². The van der Waals surface area contributed by atoms with Gasteiger partial charge in [0.15, 0.2) is 0 Å². The molecule has 2 rings (SSSR count). The molecular formula is C16H21NO. The van der Waals surface area contributed by atoms with E-state index in [0.717, 1.165) is 12.2 Å². The normalized spacial score (nSPS) is 12.9. The highest BCUT2D eigenvalue weighted by molar-refractivity contribution is 5.27. The molecule has 1 heterocycles. The summed E-state index contributed by atoms with van der Waals surface area (Å²) in [5.74, 6) is 1.60. The van der Waals surface area contributed by atoms with Gasteiger partial charge in [0.25, 0.3) is 0 Å². The first-order chi connectivity index (χ1) is 8.70. The van der Waals surface area contributed by atoms with Crippen molar-refractivity contribution < 1.29 is 4.42 Å². The van der Waals surface area contributed by atoms with Crippen LogP contribution < -0.4 is 5.32 Å². The minimum Gasteiger partial charge on any atom is -0.469 e. The van der Waals surface area contributed by atoms with E-state index in [4.69, 9.17) is 4.42 Å². The molecule has 1 aromatic carbocycles. The minimum atomic E-state index is 0.303. The second-order valence-electron chi connectivity index (χ2n) is 4.95. The average Bonchev–Trinajstić information content (AvgIpc) is 2.89. The summed E-state index contributed by atoms with van der Waals surface area (Å²) in [5.41, 5.74) is 2.69. The summed E-state index contributed by atoms with van der Waals surface area (Å²) in [6, 6.07) is 13.1. The van der Waals surface area contributed by atoms with Crippen molar-refractivity contribution in [1.82, 2.24) is 5.32 Å². The number of benzene rings is 1. The fourth-order valence-electron chi connectivity index (χ4n) is 2.13. The van der Waals surface area contributed by atoms with Gasteiger partial charge in [-0.1, -0.05) is 38.1 Å². The molecule has 0 fully saturated rings. The molecule has 18 heavy (non-hydrogen) atoms. The summed E-state index contributed by atoms with van der Waals surface area (Å²) in [4.78, 5) is 0. The Morgan fingerprint density at radius 3 is 2.22 bits per heavy atom. The van der Waals surface area contributed by atoms with Crippen LogP contribution in [0.15, 0.2) is 47.1 Å². The molecular weight excluding hydrogens is 222 g/mol. The Kier molecular flexibility index (Phi) is 4.21. The Labute approximate surface area is 109 Å². The van der Waals surface area contributed by atoms with Crippen LogP contribution in [0.2, 0.25) is 0 Å². The third-order valence-corrected chi connectivity index (χ3v) is 3.34. The van der Waals surface area contributed by atoms with Gasteiger partial charge in [-0.3, -0.25) is 0 Å². The third kappa shape index (κ3) is 3.02. The SMILES string of the molecule is CNC(Cc1ccco1)c1ccc(C(C)C)cc1. The Morgan fingerprint density at radius 1 is 1.06 bits per heavy atom. The maximum absolute atomic E-state index is 5.41. The van der Waals surface area contributed by atoms with E-state index < -0.39 is 0 Å². The van der Waals surface area contributed by atoms with E-state index >= 15 is 0 Å². The smallest absolute Gasteiger partial charge is 0.105 e. The predicted octanol–water partition coefficient (Wildman–Crippen LogP) is 3.91. The standard InChI is InChI=1S/C16H21NO/c1-12(2)13-6-8-14(9-7-13)16(17-3)11-15-5-4-10-18-15/h4-10,12,16-17H,11H2,1-3H3. The molecule has 2 heteroatoms. The molecule has 0 bridgehead atoms. The first kappa shape index (κ1) is 12.9. The zero-order valence-electron chi connectivity index (χ0n) is 11.3. The first-order valence-corrected chi connectivity index (χ1v) is 6.50. The van der Waals surface area contributed by atoms with Crippen LogP contribution in [0.4, 0.5) is 0 Å². The fraction of sp³-hybridized carbons (Fsp3) is 0.375. The zero-order chi connectivity index (χ0) is 13.0. The van der Waals surface area contributed by atoms with Crippen LogP contribution in [0.1, 0.15) is 42.7 Å². The lowest BCUT2D eigenvalue weighted by molar-refractivity contribution is 0.466. The molecule has 0 aliphatic rings. The van der Waals surface area contributed by atoms with E-state index in [2.05, 4.69) is 43.4 Å². The van der Waals surface area contributed by atoms with Crippen LogP contribution in [0.25, 0.3) is 0 Å². The number of furan rings is 1. The van der Waals surface area contributed by atoms with Gasteiger partial charge in [-0.25, -0.2) is 0 Å². The van der Waals surface area contributed by atoms with Crippen molar-refractivity contribution in [2.75, 3.05) is 7.05 Å². The number of rotatable bonds is 5. The van der Waals surface area contributed by atoms with Crippen LogP contribution in [-0.4, -0.2) is 7.05 Å². The highest BCUT2D eigenvalue weighted by atomic mass is 16.3. The molecule has 0 radical (unpaired) electrons. The predicted molar refractivity (Wildman–Crippen MR) is 74.7 cm³/mol. The topological polar surface area (TPSA) is 25.2 Å². The largest absolute Gasteiger partial charge is 0.469 e. The molecule has 2 nitrogen and oxygen atoms in total. The van der Waals surface area contributed by atoms with Gasteiger partial charge >= 0.3 is 0 Å². The van der Waals surface area contributed by atoms with Crippen molar-refractivity contribution in [2.24, 2.45) is 0 Å². The highest BCUT2D eigenvalue weighted by Gasteiger charge is 2.11. The van der Waals surface area contributed by atoms with Crippen molar-refractivity contribution in [2.45, 2.75) is 32.2 Å². The molecule has 0 saturated carbocycles.